The zero-order chi connectivity index (χ0) is 17.5. The molecule has 1 aliphatic heterocycles. The number of rotatable bonds is 2. The molecule has 0 unspecified atom stereocenters. The second kappa shape index (κ2) is 6.19. The number of piperidine rings is 1. The van der Waals surface area contributed by atoms with Crippen molar-refractivity contribution in [3.05, 3.63) is 28.5 Å². The van der Waals surface area contributed by atoms with E-state index in [1.807, 2.05) is 0 Å². The maximum atomic E-state index is 13.1. The fraction of sp³-hybridized carbons (Fsp3) is 0.400. The first-order valence-electron chi connectivity index (χ1n) is 7.34. The minimum atomic E-state index is -4.62. The Morgan fingerprint density at radius 2 is 1.92 bits per heavy atom. The smallest absolute Gasteiger partial charge is 0.369 e. The van der Waals surface area contributed by atoms with Crippen molar-refractivity contribution >= 4 is 38.6 Å². The van der Waals surface area contributed by atoms with Crippen molar-refractivity contribution in [3.63, 3.8) is 0 Å². The maximum absolute atomic E-state index is 13.1. The Hall–Kier alpha value is -1.90. The summed E-state index contributed by atoms with van der Waals surface area (Å²) in [5.74, 6) is -1.55. The van der Waals surface area contributed by atoms with Crippen LogP contribution >= 0.6 is 15.9 Å². The summed E-state index contributed by atoms with van der Waals surface area (Å²) >= 11 is 3.32. The van der Waals surface area contributed by atoms with Gasteiger partial charge in [0.1, 0.15) is 5.82 Å². The highest BCUT2D eigenvalue weighted by Gasteiger charge is 2.36. The molecule has 3 rings (SSSR count). The maximum Gasteiger partial charge on any atom is 0.451 e. The molecule has 1 aromatic heterocycles. The van der Waals surface area contributed by atoms with E-state index < -0.39 is 12.0 Å². The van der Waals surface area contributed by atoms with Crippen LogP contribution in [0.1, 0.15) is 18.7 Å². The second-order valence-electron chi connectivity index (χ2n) is 5.69. The Balaban J connectivity index is 2.05. The summed E-state index contributed by atoms with van der Waals surface area (Å²) in [5.41, 5.74) is 5.53. The lowest BCUT2D eigenvalue weighted by molar-refractivity contribution is -0.144. The number of fused-ring (bicyclic) bond motifs is 1. The molecular weight excluding hydrogens is 389 g/mol. The third kappa shape index (κ3) is 3.31. The Morgan fingerprint density at radius 3 is 2.50 bits per heavy atom. The summed E-state index contributed by atoms with van der Waals surface area (Å²) in [6.45, 7) is 0.840. The van der Waals surface area contributed by atoms with E-state index >= 15 is 0 Å². The molecule has 2 heterocycles. The number of hydrogen-bond donors (Lipinski definition) is 1. The Morgan fingerprint density at radius 1 is 1.25 bits per heavy atom. The SMILES string of the molecule is NC(=O)C1CCN(c2nc(C(F)(F)F)nc3ccc(Br)cc23)CC1. The summed E-state index contributed by atoms with van der Waals surface area (Å²) in [6.07, 6.45) is -3.63. The first-order valence-corrected chi connectivity index (χ1v) is 8.14. The highest BCUT2D eigenvalue weighted by Crippen LogP contribution is 2.34. The van der Waals surface area contributed by atoms with E-state index in [1.54, 1.807) is 17.0 Å². The standard InChI is InChI=1S/C15H14BrF3N4O/c16-9-1-2-11-10(7-9)13(22-14(21-11)15(17,18)19)23-5-3-8(4-6-23)12(20)24/h1-2,7-8H,3-6H2,(H2,20,24). The molecule has 128 valence electrons. The van der Waals surface area contributed by atoms with E-state index in [9.17, 15) is 18.0 Å². The predicted molar refractivity (Wildman–Crippen MR) is 86.4 cm³/mol. The number of halogens is 4. The lowest BCUT2D eigenvalue weighted by Gasteiger charge is -2.32. The van der Waals surface area contributed by atoms with Crippen molar-refractivity contribution in [2.75, 3.05) is 18.0 Å². The monoisotopic (exact) mass is 402 g/mol. The van der Waals surface area contributed by atoms with Crippen LogP contribution in [0, 0.1) is 5.92 Å². The molecule has 1 aromatic carbocycles. The summed E-state index contributed by atoms with van der Waals surface area (Å²) < 4.78 is 40.0. The van der Waals surface area contributed by atoms with Gasteiger partial charge in [0, 0.05) is 28.9 Å². The van der Waals surface area contributed by atoms with Crippen molar-refractivity contribution in [1.82, 2.24) is 9.97 Å². The van der Waals surface area contributed by atoms with Gasteiger partial charge in [-0.3, -0.25) is 4.79 Å². The number of aromatic nitrogens is 2. The molecular formula is C15H14BrF3N4O. The van der Waals surface area contributed by atoms with Crippen LogP contribution < -0.4 is 10.6 Å². The number of primary amides is 1. The lowest BCUT2D eigenvalue weighted by Crippen LogP contribution is -2.39. The average molecular weight is 403 g/mol. The van der Waals surface area contributed by atoms with Crippen molar-refractivity contribution in [2.45, 2.75) is 19.0 Å². The van der Waals surface area contributed by atoms with Crippen LogP contribution in [0.5, 0.6) is 0 Å². The molecule has 0 aliphatic carbocycles. The van der Waals surface area contributed by atoms with E-state index in [2.05, 4.69) is 25.9 Å². The average Bonchev–Trinajstić information content (AvgIpc) is 2.53. The molecule has 2 N–H and O–H groups in total. The lowest BCUT2D eigenvalue weighted by atomic mass is 9.96. The molecule has 9 heteroatoms. The summed E-state index contributed by atoms with van der Waals surface area (Å²) in [5, 5.41) is 0.537. The molecule has 2 aromatic rings. The van der Waals surface area contributed by atoms with Crippen LogP contribution in [0.3, 0.4) is 0 Å². The summed E-state index contributed by atoms with van der Waals surface area (Å²) in [4.78, 5) is 20.4. The van der Waals surface area contributed by atoms with Crippen LogP contribution in [0.25, 0.3) is 10.9 Å². The molecule has 1 aliphatic rings. The van der Waals surface area contributed by atoms with Gasteiger partial charge in [0.05, 0.1) is 5.52 Å². The molecule has 1 fully saturated rings. The molecule has 0 saturated carbocycles. The number of benzene rings is 1. The normalized spacial score (nSPS) is 16.6. The van der Waals surface area contributed by atoms with Gasteiger partial charge in [-0.05, 0) is 31.0 Å². The summed E-state index contributed by atoms with van der Waals surface area (Å²) in [7, 11) is 0. The topological polar surface area (TPSA) is 72.1 Å². The van der Waals surface area contributed by atoms with E-state index in [-0.39, 0.29) is 23.2 Å². The molecule has 24 heavy (non-hydrogen) atoms. The van der Waals surface area contributed by atoms with Crippen molar-refractivity contribution < 1.29 is 18.0 Å². The number of carbonyl (C=O) groups is 1. The summed E-state index contributed by atoms with van der Waals surface area (Å²) in [6, 6.07) is 4.86. The van der Waals surface area contributed by atoms with E-state index in [4.69, 9.17) is 5.73 Å². The molecule has 0 spiro atoms. The van der Waals surface area contributed by atoms with Crippen LogP contribution in [0.15, 0.2) is 22.7 Å². The third-order valence-corrected chi connectivity index (χ3v) is 4.58. The molecule has 1 saturated heterocycles. The molecule has 0 radical (unpaired) electrons. The van der Waals surface area contributed by atoms with Crippen molar-refractivity contribution in [3.8, 4) is 0 Å². The van der Waals surface area contributed by atoms with Gasteiger partial charge >= 0.3 is 6.18 Å². The number of nitrogens with zero attached hydrogens (tertiary/aromatic N) is 3. The van der Waals surface area contributed by atoms with Gasteiger partial charge in [-0.15, -0.1) is 0 Å². The van der Waals surface area contributed by atoms with Gasteiger partial charge in [-0.25, -0.2) is 9.97 Å². The minimum Gasteiger partial charge on any atom is -0.369 e. The molecule has 1 amide bonds. The van der Waals surface area contributed by atoms with Gasteiger partial charge in [-0.1, -0.05) is 15.9 Å². The van der Waals surface area contributed by atoms with E-state index in [1.165, 1.54) is 6.07 Å². The number of amides is 1. The quantitative estimate of drug-likeness (QED) is 0.837. The largest absolute Gasteiger partial charge is 0.451 e. The predicted octanol–water partition coefficient (Wildman–Crippen LogP) is 3.11. The molecule has 5 nitrogen and oxygen atoms in total. The molecule has 0 atom stereocenters. The third-order valence-electron chi connectivity index (χ3n) is 4.09. The van der Waals surface area contributed by atoms with Crippen LogP contribution in [0.2, 0.25) is 0 Å². The Labute approximate surface area is 144 Å². The minimum absolute atomic E-state index is 0.229. The van der Waals surface area contributed by atoms with Crippen molar-refractivity contribution in [2.24, 2.45) is 11.7 Å². The first kappa shape index (κ1) is 16.9. The number of nitrogens with two attached hydrogens (primary N) is 1. The number of alkyl halides is 3. The fourth-order valence-corrected chi connectivity index (χ4v) is 3.19. The zero-order valence-electron chi connectivity index (χ0n) is 12.5. The van der Waals surface area contributed by atoms with Crippen LogP contribution in [-0.4, -0.2) is 29.0 Å². The fourth-order valence-electron chi connectivity index (χ4n) is 2.83. The second-order valence-corrected chi connectivity index (χ2v) is 6.61. The Kier molecular flexibility index (Phi) is 4.37. The first-order chi connectivity index (χ1) is 11.3. The Bertz CT molecular complexity index is 788. The number of hydrogen-bond acceptors (Lipinski definition) is 4. The van der Waals surface area contributed by atoms with Gasteiger partial charge in [0.2, 0.25) is 11.7 Å². The van der Waals surface area contributed by atoms with Crippen molar-refractivity contribution in [1.29, 1.82) is 0 Å². The van der Waals surface area contributed by atoms with Crippen LogP contribution in [-0.2, 0) is 11.0 Å². The zero-order valence-corrected chi connectivity index (χ0v) is 14.1. The number of anilines is 1. The number of carbonyl (C=O) groups excluding carboxylic acids is 1. The van der Waals surface area contributed by atoms with Crippen LogP contribution in [0.4, 0.5) is 19.0 Å². The molecule has 0 bridgehead atoms. The van der Waals surface area contributed by atoms with Gasteiger partial charge < -0.3 is 10.6 Å². The highest BCUT2D eigenvalue weighted by atomic mass is 79.9. The van der Waals surface area contributed by atoms with E-state index in [0.29, 0.717) is 31.3 Å². The van der Waals surface area contributed by atoms with E-state index in [0.717, 1.165) is 4.47 Å². The van der Waals surface area contributed by atoms with Gasteiger partial charge in [-0.2, -0.15) is 13.2 Å². The van der Waals surface area contributed by atoms with Gasteiger partial charge in [0.15, 0.2) is 0 Å². The van der Waals surface area contributed by atoms with Gasteiger partial charge in [0.25, 0.3) is 0 Å². The highest BCUT2D eigenvalue weighted by molar-refractivity contribution is 9.10.